The Labute approximate surface area is 131 Å². The van der Waals surface area contributed by atoms with Crippen LogP contribution in [0.2, 0.25) is 0 Å². The SMILES string of the molecule is CCCCN(C(=O)c1ccccc1)C(=O)C(C)(C)OC(C)=O. The van der Waals surface area contributed by atoms with Gasteiger partial charge >= 0.3 is 5.97 Å². The second-order valence-electron chi connectivity index (χ2n) is 5.59. The lowest BCUT2D eigenvalue weighted by Gasteiger charge is -2.30. The van der Waals surface area contributed by atoms with E-state index in [1.54, 1.807) is 30.3 Å². The summed E-state index contributed by atoms with van der Waals surface area (Å²) in [5, 5.41) is 0. The average molecular weight is 305 g/mol. The van der Waals surface area contributed by atoms with Gasteiger partial charge in [-0.1, -0.05) is 31.5 Å². The van der Waals surface area contributed by atoms with Gasteiger partial charge in [-0.2, -0.15) is 0 Å². The number of benzene rings is 1. The molecule has 1 rings (SSSR count). The highest BCUT2D eigenvalue weighted by Gasteiger charge is 2.37. The van der Waals surface area contributed by atoms with Gasteiger partial charge in [0.1, 0.15) is 0 Å². The van der Waals surface area contributed by atoms with Crippen molar-refractivity contribution in [3.63, 3.8) is 0 Å². The van der Waals surface area contributed by atoms with E-state index in [9.17, 15) is 14.4 Å². The highest BCUT2D eigenvalue weighted by Crippen LogP contribution is 2.17. The molecule has 0 unspecified atom stereocenters. The molecule has 0 aliphatic heterocycles. The first-order valence-electron chi connectivity index (χ1n) is 7.40. The van der Waals surface area contributed by atoms with Crippen molar-refractivity contribution < 1.29 is 19.1 Å². The molecule has 0 aromatic heterocycles. The Hall–Kier alpha value is -2.17. The van der Waals surface area contributed by atoms with Gasteiger partial charge in [0.25, 0.3) is 11.8 Å². The summed E-state index contributed by atoms with van der Waals surface area (Å²) in [4.78, 5) is 37.6. The van der Waals surface area contributed by atoms with Crippen LogP contribution in [0.1, 0.15) is 50.9 Å². The van der Waals surface area contributed by atoms with E-state index in [0.717, 1.165) is 6.42 Å². The van der Waals surface area contributed by atoms with Crippen molar-refractivity contribution in [2.24, 2.45) is 0 Å². The predicted octanol–water partition coefficient (Wildman–Crippen LogP) is 2.80. The van der Waals surface area contributed by atoms with Crippen LogP contribution in [-0.4, -0.2) is 34.8 Å². The molecule has 22 heavy (non-hydrogen) atoms. The molecule has 0 spiro atoms. The summed E-state index contributed by atoms with van der Waals surface area (Å²) in [5.41, 5.74) is -0.935. The van der Waals surface area contributed by atoms with Gasteiger partial charge in [0, 0.05) is 19.0 Å². The quantitative estimate of drug-likeness (QED) is 0.758. The van der Waals surface area contributed by atoms with Crippen molar-refractivity contribution in [1.82, 2.24) is 4.90 Å². The summed E-state index contributed by atoms with van der Waals surface area (Å²) >= 11 is 0. The summed E-state index contributed by atoms with van der Waals surface area (Å²) in [6, 6.07) is 8.61. The molecule has 0 saturated heterocycles. The molecular weight excluding hydrogens is 282 g/mol. The van der Waals surface area contributed by atoms with E-state index in [4.69, 9.17) is 4.74 Å². The first kappa shape index (κ1) is 17.9. The number of hydrogen-bond donors (Lipinski definition) is 0. The minimum Gasteiger partial charge on any atom is -0.450 e. The first-order valence-corrected chi connectivity index (χ1v) is 7.40. The van der Waals surface area contributed by atoms with Crippen LogP contribution in [0.3, 0.4) is 0 Å². The fraction of sp³-hybridized carbons (Fsp3) is 0.471. The number of carbonyl (C=O) groups is 3. The minimum atomic E-state index is -1.37. The van der Waals surface area contributed by atoms with E-state index in [-0.39, 0.29) is 5.91 Å². The van der Waals surface area contributed by atoms with Gasteiger partial charge in [0.15, 0.2) is 5.60 Å². The van der Waals surface area contributed by atoms with Crippen molar-refractivity contribution in [3.05, 3.63) is 35.9 Å². The third-order valence-corrected chi connectivity index (χ3v) is 3.16. The van der Waals surface area contributed by atoms with Gasteiger partial charge in [-0.15, -0.1) is 0 Å². The number of nitrogens with zero attached hydrogens (tertiary/aromatic N) is 1. The van der Waals surface area contributed by atoms with E-state index >= 15 is 0 Å². The smallest absolute Gasteiger partial charge is 0.303 e. The third-order valence-electron chi connectivity index (χ3n) is 3.16. The Balaban J connectivity index is 3.04. The van der Waals surface area contributed by atoms with Crippen molar-refractivity contribution in [2.75, 3.05) is 6.54 Å². The van der Waals surface area contributed by atoms with Crippen LogP contribution in [0, 0.1) is 0 Å². The van der Waals surface area contributed by atoms with E-state index < -0.39 is 17.5 Å². The fourth-order valence-electron chi connectivity index (χ4n) is 2.08. The zero-order valence-electron chi connectivity index (χ0n) is 13.6. The monoisotopic (exact) mass is 305 g/mol. The molecule has 120 valence electrons. The van der Waals surface area contributed by atoms with Gasteiger partial charge in [0.05, 0.1) is 0 Å². The molecule has 0 saturated carbocycles. The Kier molecular flexibility index (Phi) is 6.28. The van der Waals surface area contributed by atoms with Crippen LogP contribution < -0.4 is 0 Å². The second-order valence-corrected chi connectivity index (χ2v) is 5.59. The standard InChI is InChI=1S/C17H23NO4/c1-5-6-12-18(15(20)14-10-8-7-9-11-14)16(21)17(3,4)22-13(2)19/h7-11H,5-6,12H2,1-4H3. The molecule has 5 heteroatoms. The topological polar surface area (TPSA) is 63.7 Å². The highest BCUT2D eigenvalue weighted by atomic mass is 16.6. The molecular formula is C17H23NO4. The Morgan fingerprint density at radius 2 is 1.73 bits per heavy atom. The van der Waals surface area contributed by atoms with Crippen LogP contribution in [0.25, 0.3) is 0 Å². The fourth-order valence-corrected chi connectivity index (χ4v) is 2.08. The molecule has 0 aliphatic carbocycles. The molecule has 0 bridgehead atoms. The first-order chi connectivity index (χ1) is 10.3. The largest absolute Gasteiger partial charge is 0.450 e. The average Bonchev–Trinajstić information content (AvgIpc) is 2.46. The summed E-state index contributed by atoms with van der Waals surface area (Å²) in [6.07, 6.45) is 1.54. The Bertz CT molecular complexity index is 537. The molecule has 2 amide bonds. The van der Waals surface area contributed by atoms with Gasteiger partial charge in [-0.3, -0.25) is 19.3 Å². The second kappa shape index (κ2) is 7.73. The van der Waals surface area contributed by atoms with Crippen LogP contribution in [0.4, 0.5) is 0 Å². The normalized spacial score (nSPS) is 10.9. The van der Waals surface area contributed by atoms with Crippen LogP contribution >= 0.6 is 0 Å². The molecule has 1 aromatic rings. The molecule has 0 heterocycles. The molecule has 0 radical (unpaired) electrons. The van der Waals surface area contributed by atoms with Crippen molar-refractivity contribution >= 4 is 17.8 Å². The molecule has 0 aliphatic rings. The third kappa shape index (κ3) is 4.69. The number of amides is 2. The number of rotatable bonds is 6. The Morgan fingerprint density at radius 3 is 2.23 bits per heavy atom. The molecule has 0 N–H and O–H groups in total. The van der Waals surface area contributed by atoms with E-state index in [2.05, 4.69) is 0 Å². The van der Waals surface area contributed by atoms with Crippen LogP contribution in [0.5, 0.6) is 0 Å². The lowest BCUT2D eigenvalue weighted by molar-refractivity contribution is -0.167. The lowest BCUT2D eigenvalue weighted by atomic mass is 10.1. The minimum absolute atomic E-state index is 0.299. The van der Waals surface area contributed by atoms with E-state index in [0.29, 0.717) is 18.5 Å². The molecule has 0 atom stereocenters. The van der Waals surface area contributed by atoms with Gasteiger partial charge < -0.3 is 4.74 Å². The maximum atomic E-state index is 12.6. The predicted molar refractivity (Wildman–Crippen MR) is 83.2 cm³/mol. The molecule has 1 aromatic carbocycles. The number of esters is 1. The summed E-state index contributed by atoms with van der Waals surface area (Å²) in [7, 11) is 0. The number of hydrogen-bond acceptors (Lipinski definition) is 4. The van der Waals surface area contributed by atoms with Crippen LogP contribution in [-0.2, 0) is 14.3 Å². The van der Waals surface area contributed by atoms with Crippen LogP contribution in [0.15, 0.2) is 30.3 Å². The number of carbonyl (C=O) groups excluding carboxylic acids is 3. The number of imide groups is 1. The van der Waals surface area contributed by atoms with Crippen molar-refractivity contribution in [2.45, 2.75) is 46.1 Å². The zero-order valence-corrected chi connectivity index (χ0v) is 13.6. The van der Waals surface area contributed by atoms with E-state index in [1.807, 2.05) is 6.92 Å². The van der Waals surface area contributed by atoms with Gasteiger partial charge in [-0.25, -0.2) is 0 Å². The summed E-state index contributed by atoms with van der Waals surface area (Å²) < 4.78 is 5.06. The lowest BCUT2D eigenvalue weighted by Crippen LogP contribution is -2.50. The number of unbranched alkanes of at least 4 members (excludes halogenated alkanes) is 1. The highest BCUT2D eigenvalue weighted by molar-refractivity contribution is 6.07. The van der Waals surface area contributed by atoms with E-state index in [1.165, 1.54) is 25.7 Å². The molecule has 5 nitrogen and oxygen atoms in total. The summed E-state index contributed by atoms with van der Waals surface area (Å²) in [5.74, 6) is -1.44. The zero-order chi connectivity index (χ0) is 16.8. The molecule has 0 fully saturated rings. The maximum absolute atomic E-state index is 12.6. The van der Waals surface area contributed by atoms with Gasteiger partial charge in [0.2, 0.25) is 0 Å². The van der Waals surface area contributed by atoms with Crippen molar-refractivity contribution in [1.29, 1.82) is 0 Å². The maximum Gasteiger partial charge on any atom is 0.303 e. The Morgan fingerprint density at radius 1 is 1.14 bits per heavy atom. The van der Waals surface area contributed by atoms with Crippen molar-refractivity contribution in [3.8, 4) is 0 Å². The summed E-state index contributed by atoms with van der Waals surface area (Å²) in [6.45, 7) is 6.51. The van der Waals surface area contributed by atoms with Gasteiger partial charge in [-0.05, 0) is 32.4 Å². The number of ether oxygens (including phenoxy) is 1.